The van der Waals surface area contributed by atoms with Gasteiger partial charge in [0.2, 0.25) is 10.0 Å². The van der Waals surface area contributed by atoms with E-state index in [4.69, 9.17) is 4.74 Å². The number of carbonyl (C=O) groups excluding carboxylic acids is 1. The predicted molar refractivity (Wildman–Crippen MR) is 99.7 cm³/mol. The Morgan fingerprint density at radius 3 is 2.50 bits per heavy atom. The molecule has 2 aromatic heterocycles. The molecule has 0 aliphatic carbocycles. The van der Waals surface area contributed by atoms with Gasteiger partial charge in [-0.3, -0.25) is 14.8 Å². The van der Waals surface area contributed by atoms with Crippen molar-refractivity contribution >= 4 is 15.9 Å². The van der Waals surface area contributed by atoms with E-state index in [1.54, 1.807) is 41.8 Å². The summed E-state index contributed by atoms with van der Waals surface area (Å²) in [5.74, 6) is -0.110. The van der Waals surface area contributed by atoms with Crippen LogP contribution in [0.5, 0.6) is 0 Å². The Bertz CT molecular complexity index is 1000. The van der Waals surface area contributed by atoms with Crippen molar-refractivity contribution in [1.82, 2.24) is 19.2 Å². The van der Waals surface area contributed by atoms with Gasteiger partial charge in [-0.1, -0.05) is 0 Å². The van der Waals surface area contributed by atoms with E-state index in [2.05, 4.69) is 9.97 Å². The summed E-state index contributed by atoms with van der Waals surface area (Å²) < 4.78 is 34.0. The summed E-state index contributed by atoms with van der Waals surface area (Å²) in [7, 11) is -3.50. The van der Waals surface area contributed by atoms with Gasteiger partial charge in [0.15, 0.2) is 0 Å². The van der Waals surface area contributed by atoms with Crippen molar-refractivity contribution in [2.45, 2.75) is 29.9 Å². The summed E-state index contributed by atoms with van der Waals surface area (Å²) in [5.41, 5.74) is 0.572. The van der Waals surface area contributed by atoms with Crippen molar-refractivity contribution in [1.29, 1.82) is 0 Å². The molecular formula is C19H20N4O4S. The van der Waals surface area contributed by atoms with Crippen LogP contribution in [0.15, 0.2) is 49.1 Å². The highest BCUT2D eigenvalue weighted by atomic mass is 32.2. The van der Waals surface area contributed by atoms with Crippen molar-refractivity contribution in [3.05, 3.63) is 60.2 Å². The minimum atomic E-state index is -3.50. The van der Waals surface area contributed by atoms with Crippen LogP contribution in [0.25, 0.3) is 0 Å². The van der Waals surface area contributed by atoms with E-state index < -0.39 is 20.9 Å². The lowest BCUT2D eigenvalue weighted by Gasteiger charge is -2.39. The van der Waals surface area contributed by atoms with Crippen LogP contribution in [0.1, 0.15) is 22.3 Å². The average molecular weight is 400 g/mol. The standard InChI is InChI=1S/C19H20N4O4S/c24-18(15-3-7-21-8-4-15)22-11-16-9-17-19(12-22,27-16)13-23(28(17,25)26)10-14-1-5-20-6-2-14/h1-8,16-17H,9-13H2/t16-,17+,19+/m0/s1. The number of rotatable bonds is 3. The lowest BCUT2D eigenvalue weighted by molar-refractivity contribution is -0.0980. The van der Waals surface area contributed by atoms with Gasteiger partial charge in [-0.15, -0.1) is 0 Å². The van der Waals surface area contributed by atoms with Gasteiger partial charge >= 0.3 is 0 Å². The largest absolute Gasteiger partial charge is 0.365 e. The van der Waals surface area contributed by atoms with Gasteiger partial charge in [-0.2, -0.15) is 4.31 Å². The fourth-order valence-corrected chi connectivity index (χ4v) is 6.91. The molecule has 0 radical (unpaired) electrons. The second kappa shape index (κ2) is 6.33. The molecular weight excluding hydrogens is 380 g/mol. The first-order chi connectivity index (χ1) is 13.5. The van der Waals surface area contributed by atoms with Crippen molar-refractivity contribution in [2.75, 3.05) is 19.6 Å². The molecule has 2 bridgehead atoms. The van der Waals surface area contributed by atoms with Gasteiger partial charge in [-0.25, -0.2) is 8.42 Å². The fourth-order valence-electron chi connectivity index (χ4n) is 4.61. The molecule has 5 rings (SSSR count). The highest BCUT2D eigenvalue weighted by Crippen LogP contribution is 2.47. The number of likely N-dealkylation sites (tertiary alicyclic amines) is 1. The third-order valence-corrected chi connectivity index (χ3v) is 8.15. The van der Waals surface area contributed by atoms with Gasteiger partial charge in [0, 0.05) is 50.0 Å². The summed E-state index contributed by atoms with van der Waals surface area (Å²) in [6, 6.07) is 6.97. The van der Waals surface area contributed by atoms with Crippen LogP contribution in [0.4, 0.5) is 0 Å². The average Bonchev–Trinajstić information content (AvgIpc) is 3.08. The number of ether oxygens (including phenoxy) is 1. The number of morpholine rings is 1. The van der Waals surface area contributed by atoms with Crippen LogP contribution in [-0.2, 0) is 21.3 Å². The third kappa shape index (κ3) is 2.73. The molecule has 1 spiro atoms. The van der Waals surface area contributed by atoms with Crippen LogP contribution >= 0.6 is 0 Å². The molecule has 3 aliphatic heterocycles. The lowest BCUT2D eigenvalue weighted by Crippen LogP contribution is -2.56. The number of fused-ring (bicyclic) bond motifs is 1. The van der Waals surface area contributed by atoms with Gasteiger partial charge in [0.25, 0.3) is 5.91 Å². The Labute approximate surface area is 163 Å². The molecule has 0 unspecified atom stereocenters. The maximum atomic E-state index is 13.2. The van der Waals surface area contributed by atoms with E-state index in [-0.39, 0.29) is 31.6 Å². The topological polar surface area (TPSA) is 92.7 Å². The number of amides is 1. The number of hydrogen-bond donors (Lipinski definition) is 0. The molecule has 28 heavy (non-hydrogen) atoms. The fraction of sp³-hybridized carbons (Fsp3) is 0.421. The first-order valence-corrected chi connectivity index (χ1v) is 10.7. The second-order valence-corrected chi connectivity index (χ2v) is 9.73. The maximum absolute atomic E-state index is 13.2. The smallest absolute Gasteiger partial charge is 0.254 e. The SMILES string of the molecule is O=C(c1ccncc1)N1C[C@@H]2C[C@@H]3[C@@](C1)(CN(Cc1ccncc1)S3(=O)=O)O2. The van der Waals surface area contributed by atoms with E-state index in [1.807, 2.05) is 12.1 Å². The first kappa shape index (κ1) is 17.7. The minimum Gasteiger partial charge on any atom is -0.365 e. The zero-order valence-electron chi connectivity index (χ0n) is 15.1. The van der Waals surface area contributed by atoms with Crippen molar-refractivity contribution in [3.8, 4) is 0 Å². The maximum Gasteiger partial charge on any atom is 0.254 e. The second-order valence-electron chi connectivity index (χ2n) is 7.62. The zero-order chi connectivity index (χ0) is 19.4. The molecule has 5 heterocycles. The van der Waals surface area contributed by atoms with Crippen LogP contribution in [-0.4, -0.2) is 70.1 Å². The normalized spacial score (nSPS) is 30.9. The number of aromatic nitrogens is 2. The minimum absolute atomic E-state index is 0.110. The summed E-state index contributed by atoms with van der Waals surface area (Å²) in [4.78, 5) is 22.6. The molecule has 3 saturated heterocycles. The van der Waals surface area contributed by atoms with Crippen molar-refractivity contribution < 1.29 is 17.9 Å². The van der Waals surface area contributed by atoms with Crippen molar-refractivity contribution in [3.63, 3.8) is 0 Å². The number of hydrogen-bond acceptors (Lipinski definition) is 6. The lowest BCUT2D eigenvalue weighted by atomic mass is 9.99. The Hall–Kier alpha value is -2.36. The quantitative estimate of drug-likeness (QED) is 0.752. The Morgan fingerprint density at radius 1 is 1.11 bits per heavy atom. The first-order valence-electron chi connectivity index (χ1n) is 9.23. The molecule has 8 nitrogen and oxygen atoms in total. The molecule has 0 aromatic carbocycles. The molecule has 0 saturated carbocycles. The summed E-state index contributed by atoms with van der Waals surface area (Å²) in [6.07, 6.45) is 6.65. The van der Waals surface area contributed by atoms with E-state index in [1.165, 1.54) is 4.31 Å². The third-order valence-electron chi connectivity index (χ3n) is 5.83. The van der Waals surface area contributed by atoms with Gasteiger partial charge in [-0.05, 0) is 36.2 Å². The van der Waals surface area contributed by atoms with Crippen LogP contribution in [0, 0.1) is 0 Å². The molecule has 0 N–H and O–H groups in total. The molecule has 2 aromatic rings. The number of nitrogens with zero attached hydrogens (tertiary/aromatic N) is 4. The van der Waals surface area contributed by atoms with E-state index in [0.29, 0.717) is 18.5 Å². The monoisotopic (exact) mass is 400 g/mol. The molecule has 3 atom stereocenters. The molecule has 1 amide bonds. The molecule has 146 valence electrons. The molecule has 9 heteroatoms. The molecule has 3 fully saturated rings. The number of sulfonamides is 1. The highest BCUT2D eigenvalue weighted by Gasteiger charge is 2.65. The van der Waals surface area contributed by atoms with Crippen molar-refractivity contribution in [2.24, 2.45) is 0 Å². The van der Waals surface area contributed by atoms with Crippen LogP contribution in [0.2, 0.25) is 0 Å². The predicted octanol–water partition coefficient (Wildman–Crippen LogP) is 0.674. The van der Waals surface area contributed by atoms with Crippen LogP contribution in [0.3, 0.4) is 0 Å². The summed E-state index contributed by atoms with van der Waals surface area (Å²) >= 11 is 0. The number of carbonyl (C=O) groups is 1. The van der Waals surface area contributed by atoms with E-state index in [9.17, 15) is 13.2 Å². The van der Waals surface area contributed by atoms with Gasteiger partial charge < -0.3 is 9.64 Å². The molecule has 3 aliphatic rings. The summed E-state index contributed by atoms with van der Waals surface area (Å²) in [5, 5.41) is -0.609. The van der Waals surface area contributed by atoms with E-state index in [0.717, 1.165) is 5.56 Å². The Morgan fingerprint density at radius 2 is 1.79 bits per heavy atom. The Balaban J connectivity index is 1.42. The Kier molecular flexibility index (Phi) is 4.01. The highest BCUT2D eigenvalue weighted by molar-refractivity contribution is 7.90. The zero-order valence-corrected chi connectivity index (χ0v) is 16.0. The summed E-state index contributed by atoms with van der Waals surface area (Å²) in [6.45, 7) is 1.25. The van der Waals surface area contributed by atoms with E-state index >= 15 is 0 Å². The van der Waals surface area contributed by atoms with Gasteiger partial charge in [0.1, 0.15) is 10.9 Å². The number of pyridine rings is 2. The van der Waals surface area contributed by atoms with Gasteiger partial charge in [0.05, 0.1) is 12.6 Å². The van der Waals surface area contributed by atoms with Crippen LogP contribution < -0.4 is 0 Å².